The zero-order valence-corrected chi connectivity index (χ0v) is 19.2. The summed E-state index contributed by atoms with van der Waals surface area (Å²) in [5.41, 5.74) is 1.13. The minimum absolute atomic E-state index is 0.144. The Kier molecular flexibility index (Phi) is 8.37. The van der Waals surface area contributed by atoms with E-state index < -0.39 is 24.5 Å². The van der Waals surface area contributed by atoms with Crippen LogP contribution in [0, 0.1) is 14.9 Å². The van der Waals surface area contributed by atoms with E-state index >= 15 is 0 Å². The van der Waals surface area contributed by atoms with Gasteiger partial charge in [0, 0.05) is 5.69 Å². The van der Waals surface area contributed by atoms with Crippen molar-refractivity contribution in [3.8, 4) is 11.8 Å². The number of benzene rings is 2. The molecule has 154 valence electrons. The zero-order chi connectivity index (χ0) is 22.3. The summed E-state index contributed by atoms with van der Waals surface area (Å²) in [4.78, 5) is 34.6. The van der Waals surface area contributed by atoms with Gasteiger partial charge >= 0.3 is 11.9 Å². The van der Waals surface area contributed by atoms with Crippen molar-refractivity contribution < 1.29 is 29.0 Å². The van der Waals surface area contributed by atoms with Crippen molar-refractivity contribution in [1.82, 2.24) is 0 Å². The van der Waals surface area contributed by atoms with Crippen LogP contribution in [0.2, 0.25) is 0 Å². The number of rotatable bonds is 7. The summed E-state index contributed by atoms with van der Waals surface area (Å²) >= 11 is 5.27. The van der Waals surface area contributed by atoms with Crippen molar-refractivity contribution in [2.45, 2.75) is 0 Å². The highest BCUT2D eigenvalue weighted by Gasteiger charge is 2.14. The first kappa shape index (κ1) is 23.4. The molecule has 1 amide bonds. The molecule has 0 aliphatic carbocycles. The number of nitrogens with one attached hydrogen (secondary N) is 1. The Hall–Kier alpha value is -2.91. The normalized spacial score (nSPS) is 10.7. The lowest BCUT2D eigenvalue weighted by atomic mass is 10.1. The van der Waals surface area contributed by atoms with Crippen molar-refractivity contribution in [2.75, 3.05) is 19.0 Å². The Bertz CT molecular complexity index is 1040. The van der Waals surface area contributed by atoms with E-state index in [2.05, 4.69) is 26.0 Å². The van der Waals surface area contributed by atoms with Crippen LogP contribution in [0.25, 0.3) is 6.08 Å². The van der Waals surface area contributed by atoms with Crippen LogP contribution in [-0.4, -0.2) is 36.7 Å². The van der Waals surface area contributed by atoms with Gasteiger partial charge in [-0.05, 0) is 86.6 Å². The second-order valence-electron chi connectivity index (χ2n) is 5.69. The highest BCUT2D eigenvalue weighted by atomic mass is 127. The molecular weight excluding hydrogens is 571 g/mol. The standard InChI is InChI=1S/C20H14BrIN2O6/c1-29-20(28)12-2-4-14(5-3-12)24-19(27)13(9-23)6-11-7-15(21)18(16(22)8-11)30-10-17(25)26/h2-8H,10H2,1H3,(H,24,27)(H,25,26)/b13-6+. The summed E-state index contributed by atoms with van der Waals surface area (Å²) in [5, 5.41) is 20.7. The molecule has 0 bridgehead atoms. The van der Waals surface area contributed by atoms with Gasteiger partial charge in [-0.25, -0.2) is 9.59 Å². The van der Waals surface area contributed by atoms with Crippen LogP contribution in [0.3, 0.4) is 0 Å². The van der Waals surface area contributed by atoms with Crippen LogP contribution >= 0.6 is 38.5 Å². The number of anilines is 1. The number of ether oxygens (including phenoxy) is 2. The van der Waals surface area contributed by atoms with E-state index in [9.17, 15) is 19.6 Å². The van der Waals surface area contributed by atoms with E-state index in [1.165, 1.54) is 37.5 Å². The lowest BCUT2D eigenvalue weighted by Gasteiger charge is -2.10. The molecule has 10 heteroatoms. The lowest BCUT2D eigenvalue weighted by molar-refractivity contribution is -0.139. The number of nitrogens with zero attached hydrogens (tertiary/aromatic N) is 1. The molecule has 0 saturated heterocycles. The number of carbonyl (C=O) groups is 3. The Morgan fingerprint density at radius 1 is 1.27 bits per heavy atom. The van der Waals surface area contributed by atoms with Crippen molar-refractivity contribution in [2.24, 2.45) is 0 Å². The molecule has 0 heterocycles. The van der Waals surface area contributed by atoms with Gasteiger partial charge in [-0.3, -0.25) is 4.79 Å². The van der Waals surface area contributed by atoms with Crippen LogP contribution in [-0.2, 0) is 14.3 Å². The quantitative estimate of drug-likeness (QED) is 0.219. The minimum Gasteiger partial charge on any atom is -0.480 e. The Labute approximate surface area is 193 Å². The third-order valence-electron chi connectivity index (χ3n) is 3.60. The van der Waals surface area contributed by atoms with Crippen LogP contribution < -0.4 is 10.1 Å². The average molecular weight is 585 g/mol. The second-order valence-corrected chi connectivity index (χ2v) is 7.71. The minimum atomic E-state index is -1.11. The highest BCUT2D eigenvalue weighted by molar-refractivity contribution is 14.1. The van der Waals surface area contributed by atoms with Crippen molar-refractivity contribution in [1.29, 1.82) is 5.26 Å². The van der Waals surface area contributed by atoms with Gasteiger partial charge in [0.05, 0.1) is 20.7 Å². The molecule has 30 heavy (non-hydrogen) atoms. The van der Waals surface area contributed by atoms with Crippen LogP contribution in [0.4, 0.5) is 5.69 Å². The maximum absolute atomic E-state index is 12.4. The molecular formula is C20H14BrIN2O6. The molecule has 0 unspecified atom stereocenters. The SMILES string of the molecule is COC(=O)c1ccc(NC(=O)/C(C#N)=C/c2cc(Br)c(OCC(=O)O)c(I)c2)cc1. The lowest BCUT2D eigenvalue weighted by Crippen LogP contribution is -2.13. The monoisotopic (exact) mass is 584 g/mol. The molecule has 0 aliphatic heterocycles. The Balaban J connectivity index is 2.20. The van der Waals surface area contributed by atoms with E-state index in [4.69, 9.17) is 9.84 Å². The number of hydrogen-bond acceptors (Lipinski definition) is 6. The summed E-state index contributed by atoms with van der Waals surface area (Å²) in [5.74, 6) is -1.88. The molecule has 2 N–H and O–H groups in total. The first-order chi connectivity index (χ1) is 14.2. The number of carboxylic acids is 1. The fraction of sp³-hybridized carbons (Fsp3) is 0.100. The van der Waals surface area contributed by atoms with Gasteiger partial charge in [0.1, 0.15) is 17.4 Å². The number of carbonyl (C=O) groups excluding carboxylic acids is 2. The third-order valence-corrected chi connectivity index (χ3v) is 4.99. The van der Waals surface area contributed by atoms with Gasteiger partial charge in [-0.2, -0.15) is 5.26 Å². The summed E-state index contributed by atoms with van der Waals surface area (Å²) < 4.78 is 10.9. The van der Waals surface area contributed by atoms with Gasteiger partial charge in [-0.15, -0.1) is 0 Å². The first-order valence-electron chi connectivity index (χ1n) is 8.20. The van der Waals surface area contributed by atoms with Gasteiger partial charge in [0.2, 0.25) is 0 Å². The molecule has 2 aromatic carbocycles. The molecule has 2 aromatic rings. The van der Waals surface area contributed by atoms with Crippen molar-refractivity contribution >= 4 is 68.1 Å². The average Bonchev–Trinajstić information content (AvgIpc) is 2.71. The summed E-state index contributed by atoms with van der Waals surface area (Å²) in [6.07, 6.45) is 1.39. The summed E-state index contributed by atoms with van der Waals surface area (Å²) in [7, 11) is 1.27. The molecule has 0 radical (unpaired) electrons. The molecule has 0 aliphatic rings. The first-order valence-corrected chi connectivity index (χ1v) is 10.1. The molecule has 0 atom stereocenters. The molecule has 2 rings (SSSR count). The fourth-order valence-corrected chi connectivity index (χ4v) is 4.02. The number of hydrogen-bond donors (Lipinski definition) is 2. The molecule has 8 nitrogen and oxygen atoms in total. The number of amides is 1. The topological polar surface area (TPSA) is 126 Å². The van der Waals surface area contributed by atoms with Crippen LogP contribution in [0.1, 0.15) is 15.9 Å². The zero-order valence-electron chi connectivity index (χ0n) is 15.4. The van der Waals surface area contributed by atoms with E-state index in [1.807, 2.05) is 28.7 Å². The molecule has 0 fully saturated rings. The maximum atomic E-state index is 12.4. The maximum Gasteiger partial charge on any atom is 0.341 e. The Morgan fingerprint density at radius 2 is 1.93 bits per heavy atom. The highest BCUT2D eigenvalue weighted by Crippen LogP contribution is 2.32. The number of nitriles is 1. The molecule has 0 aromatic heterocycles. The third kappa shape index (κ3) is 6.30. The summed E-state index contributed by atoms with van der Waals surface area (Å²) in [6, 6.07) is 11.1. The number of carboxylic acid groups (broad SMARTS) is 1. The van der Waals surface area contributed by atoms with Gasteiger partial charge in [0.15, 0.2) is 6.61 Å². The molecule has 0 spiro atoms. The Morgan fingerprint density at radius 3 is 2.47 bits per heavy atom. The molecule has 0 saturated carbocycles. The number of halogens is 2. The van der Waals surface area contributed by atoms with Gasteiger partial charge in [-0.1, -0.05) is 0 Å². The van der Waals surface area contributed by atoms with Crippen molar-refractivity contribution in [3.05, 3.63) is 61.1 Å². The largest absolute Gasteiger partial charge is 0.480 e. The van der Waals surface area contributed by atoms with Crippen molar-refractivity contribution in [3.63, 3.8) is 0 Å². The smallest absolute Gasteiger partial charge is 0.341 e. The van der Waals surface area contributed by atoms with Gasteiger partial charge in [0.25, 0.3) is 5.91 Å². The number of aliphatic carboxylic acids is 1. The number of esters is 1. The van der Waals surface area contributed by atoms with E-state index in [-0.39, 0.29) is 5.57 Å². The second kappa shape index (κ2) is 10.7. The fourth-order valence-electron chi connectivity index (χ4n) is 2.26. The number of methoxy groups -OCH3 is 1. The predicted octanol–water partition coefficient (Wildman–Crippen LogP) is 3.85. The summed E-state index contributed by atoms with van der Waals surface area (Å²) in [6.45, 7) is -0.496. The van der Waals surface area contributed by atoms with E-state index in [1.54, 1.807) is 12.1 Å². The van der Waals surface area contributed by atoms with E-state index in [0.717, 1.165) is 0 Å². The van der Waals surface area contributed by atoms with Crippen LogP contribution in [0.5, 0.6) is 5.75 Å². The van der Waals surface area contributed by atoms with Crippen LogP contribution in [0.15, 0.2) is 46.4 Å². The van der Waals surface area contributed by atoms with E-state index in [0.29, 0.717) is 30.6 Å². The predicted molar refractivity (Wildman–Crippen MR) is 120 cm³/mol. The van der Waals surface area contributed by atoms with Gasteiger partial charge < -0.3 is 19.9 Å².